The van der Waals surface area contributed by atoms with E-state index in [9.17, 15) is 0 Å². The molecule has 0 fully saturated rings. The Morgan fingerprint density at radius 1 is 1.09 bits per heavy atom. The number of guanidine groups is 1. The third-order valence-electron chi connectivity index (χ3n) is 3.63. The summed E-state index contributed by atoms with van der Waals surface area (Å²) in [4.78, 5) is 8.88. The summed E-state index contributed by atoms with van der Waals surface area (Å²) in [5, 5.41) is 4.26. The van der Waals surface area contributed by atoms with Crippen molar-refractivity contribution in [3.63, 3.8) is 0 Å². The van der Waals surface area contributed by atoms with Crippen molar-refractivity contribution in [2.24, 2.45) is 10.7 Å². The quantitative estimate of drug-likeness (QED) is 0.572. The van der Waals surface area contributed by atoms with E-state index in [0.29, 0.717) is 12.5 Å². The van der Waals surface area contributed by atoms with Gasteiger partial charge in [-0.3, -0.25) is 4.98 Å². The van der Waals surface area contributed by atoms with Crippen molar-refractivity contribution in [1.29, 1.82) is 0 Å². The van der Waals surface area contributed by atoms with Gasteiger partial charge in [-0.2, -0.15) is 0 Å². The van der Waals surface area contributed by atoms with Crippen molar-refractivity contribution in [3.05, 3.63) is 71.4 Å². The fourth-order valence-corrected chi connectivity index (χ4v) is 2.70. The number of nitrogens with one attached hydrogen (secondary N) is 1. The molecule has 0 atom stereocenters. The van der Waals surface area contributed by atoms with Crippen molar-refractivity contribution in [2.75, 3.05) is 5.32 Å². The largest absolute Gasteiger partial charge is 0.370 e. The lowest BCUT2D eigenvalue weighted by Crippen LogP contribution is -2.22. The van der Waals surface area contributed by atoms with Crippen LogP contribution in [0.1, 0.15) is 16.7 Å². The fraction of sp³-hybridized carbons (Fsp3) is 0.158. The van der Waals surface area contributed by atoms with Crippen LogP contribution in [0.3, 0.4) is 0 Å². The van der Waals surface area contributed by atoms with E-state index in [4.69, 9.17) is 5.73 Å². The number of anilines is 1. The minimum Gasteiger partial charge on any atom is -0.370 e. The maximum absolute atomic E-state index is 6.02. The Kier molecular flexibility index (Phi) is 4.24. The van der Waals surface area contributed by atoms with Crippen molar-refractivity contribution >= 4 is 22.5 Å². The zero-order valence-electron chi connectivity index (χ0n) is 13.4. The third kappa shape index (κ3) is 3.66. The van der Waals surface area contributed by atoms with Gasteiger partial charge in [0, 0.05) is 17.3 Å². The van der Waals surface area contributed by atoms with Gasteiger partial charge in [0.15, 0.2) is 5.96 Å². The lowest BCUT2D eigenvalue weighted by molar-refractivity contribution is 1.06. The predicted molar refractivity (Wildman–Crippen MR) is 96.6 cm³/mol. The molecule has 0 radical (unpaired) electrons. The van der Waals surface area contributed by atoms with E-state index in [1.54, 1.807) is 6.20 Å². The Bertz CT molecular complexity index is 843. The van der Waals surface area contributed by atoms with Gasteiger partial charge in [-0.25, -0.2) is 4.99 Å². The number of fused-ring (bicyclic) bond motifs is 1. The molecular formula is C19H20N4. The van der Waals surface area contributed by atoms with Crippen LogP contribution in [0.5, 0.6) is 0 Å². The standard InChI is InChI=1S/C19H20N4/c1-13-9-14(2)11-17(10-13)23-19(20)22-12-16-6-3-5-15-7-4-8-21-18(15)16/h3-11H,12H2,1-2H3,(H3,20,22,23). The Hall–Kier alpha value is -2.88. The Labute approximate surface area is 136 Å². The lowest BCUT2D eigenvalue weighted by atomic mass is 10.1. The van der Waals surface area contributed by atoms with Crippen LogP contribution < -0.4 is 11.1 Å². The average Bonchev–Trinajstić information content (AvgIpc) is 2.52. The molecule has 4 heteroatoms. The molecule has 1 heterocycles. The SMILES string of the molecule is Cc1cc(C)cc(NC(N)=NCc2cccc3cccnc23)c1. The number of rotatable bonds is 3. The number of aliphatic imine (C=N–C) groups is 1. The summed E-state index contributed by atoms with van der Waals surface area (Å²) in [7, 11) is 0. The van der Waals surface area contributed by atoms with Crippen molar-refractivity contribution in [3.8, 4) is 0 Å². The van der Waals surface area contributed by atoms with Crippen LogP contribution in [0.15, 0.2) is 59.7 Å². The van der Waals surface area contributed by atoms with Crippen LogP contribution >= 0.6 is 0 Å². The molecule has 3 N–H and O–H groups in total. The van der Waals surface area contributed by atoms with E-state index in [1.807, 2.05) is 30.3 Å². The zero-order valence-corrected chi connectivity index (χ0v) is 13.4. The molecule has 23 heavy (non-hydrogen) atoms. The first-order valence-corrected chi connectivity index (χ1v) is 7.60. The summed E-state index contributed by atoms with van der Waals surface area (Å²) in [5.74, 6) is 0.405. The van der Waals surface area contributed by atoms with E-state index in [1.165, 1.54) is 11.1 Å². The molecule has 1 aromatic heterocycles. The highest BCUT2D eigenvalue weighted by molar-refractivity contribution is 5.92. The molecule has 4 nitrogen and oxygen atoms in total. The summed E-state index contributed by atoms with van der Waals surface area (Å²) in [5.41, 5.74) is 11.4. The summed E-state index contributed by atoms with van der Waals surface area (Å²) >= 11 is 0. The molecule has 0 saturated heterocycles. The highest BCUT2D eigenvalue weighted by atomic mass is 15.1. The number of benzene rings is 2. The number of hydrogen-bond donors (Lipinski definition) is 2. The van der Waals surface area contributed by atoms with Crippen molar-refractivity contribution < 1.29 is 0 Å². The first kappa shape index (κ1) is 15.0. The fourth-order valence-electron chi connectivity index (χ4n) is 2.70. The Morgan fingerprint density at radius 3 is 2.61 bits per heavy atom. The van der Waals surface area contributed by atoms with E-state index in [-0.39, 0.29) is 0 Å². The van der Waals surface area contributed by atoms with E-state index >= 15 is 0 Å². The molecule has 2 aromatic carbocycles. The topological polar surface area (TPSA) is 63.3 Å². The molecule has 3 rings (SSSR count). The smallest absolute Gasteiger partial charge is 0.193 e. The number of aryl methyl sites for hydroxylation is 2. The molecule has 3 aromatic rings. The second-order valence-electron chi connectivity index (χ2n) is 5.70. The first-order valence-electron chi connectivity index (χ1n) is 7.60. The highest BCUT2D eigenvalue weighted by Gasteiger charge is 2.02. The van der Waals surface area contributed by atoms with Crippen LogP contribution in [0.4, 0.5) is 5.69 Å². The number of hydrogen-bond acceptors (Lipinski definition) is 2. The molecular weight excluding hydrogens is 284 g/mol. The number of para-hydroxylation sites is 1. The van der Waals surface area contributed by atoms with Gasteiger partial charge < -0.3 is 11.1 Å². The number of nitrogens with two attached hydrogens (primary N) is 1. The molecule has 116 valence electrons. The molecule has 0 bridgehead atoms. The van der Waals surface area contributed by atoms with Crippen LogP contribution in [0.2, 0.25) is 0 Å². The van der Waals surface area contributed by atoms with Gasteiger partial charge in [0.05, 0.1) is 12.1 Å². The third-order valence-corrected chi connectivity index (χ3v) is 3.63. The lowest BCUT2D eigenvalue weighted by Gasteiger charge is -2.08. The van der Waals surface area contributed by atoms with Gasteiger partial charge in [0.25, 0.3) is 0 Å². The average molecular weight is 304 g/mol. The van der Waals surface area contributed by atoms with Crippen LogP contribution in [0.25, 0.3) is 10.9 Å². The van der Waals surface area contributed by atoms with E-state index < -0.39 is 0 Å². The minimum absolute atomic E-state index is 0.405. The number of pyridine rings is 1. The summed E-state index contributed by atoms with van der Waals surface area (Å²) in [6, 6.07) is 16.3. The Balaban J connectivity index is 1.78. The van der Waals surface area contributed by atoms with E-state index in [0.717, 1.165) is 22.2 Å². The highest BCUT2D eigenvalue weighted by Crippen LogP contribution is 2.17. The number of nitrogens with zero attached hydrogens (tertiary/aromatic N) is 2. The molecule has 0 saturated carbocycles. The Morgan fingerprint density at radius 2 is 1.83 bits per heavy atom. The predicted octanol–water partition coefficient (Wildman–Crippen LogP) is 3.78. The molecule has 0 aliphatic carbocycles. The zero-order chi connectivity index (χ0) is 16.2. The first-order chi connectivity index (χ1) is 11.1. The minimum atomic E-state index is 0.405. The second-order valence-corrected chi connectivity index (χ2v) is 5.70. The van der Waals surface area contributed by atoms with E-state index in [2.05, 4.69) is 47.3 Å². The van der Waals surface area contributed by atoms with Crippen LogP contribution in [-0.4, -0.2) is 10.9 Å². The van der Waals surface area contributed by atoms with Gasteiger partial charge in [-0.1, -0.05) is 30.3 Å². The summed E-state index contributed by atoms with van der Waals surface area (Å²) in [6.45, 7) is 4.62. The van der Waals surface area contributed by atoms with Gasteiger partial charge in [-0.15, -0.1) is 0 Å². The van der Waals surface area contributed by atoms with Gasteiger partial charge in [0.1, 0.15) is 0 Å². The van der Waals surface area contributed by atoms with Crippen molar-refractivity contribution in [1.82, 2.24) is 4.98 Å². The van der Waals surface area contributed by atoms with Gasteiger partial charge >= 0.3 is 0 Å². The normalized spacial score (nSPS) is 11.7. The second kappa shape index (κ2) is 6.48. The molecule has 0 aliphatic heterocycles. The monoisotopic (exact) mass is 304 g/mol. The van der Waals surface area contributed by atoms with Crippen molar-refractivity contribution in [2.45, 2.75) is 20.4 Å². The van der Waals surface area contributed by atoms with Gasteiger partial charge in [0.2, 0.25) is 0 Å². The van der Waals surface area contributed by atoms with Gasteiger partial charge in [-0.05, 0) is 48.7 Å². The molecule has 0 unspecified atom stereocenters. The maximum atomic E-state index is 6.02. The van der Waals surface area contributed by atoms with Crippen LogP contribution in [0, 0.1) is 13.8 Å². The maximum Gasteiger partial charge on any atom is 0.193 e. The van der Waals surface area contributed by atoms with Crippen LogP contribution in [-0.2, 0) is 6.54 Å². The number of aromatic nitrogens is 1. The molecule has 0 aliphatic rings. The molecule has 0 amide bonds. The summed E-state index contributed by atoms with van der Waals surface area (Å²) < 4.78 is 0. The molecule has 0 spiro atoms. The summed E-state index contributed by atoms with van der Waals surface area (Å²) in [6.07, 6.45) is 1.80.